The molecule has 4 rings (SSSR count). The van der Waals surface area contributed by atoms with Crippen molar-refractivity contribution in [1.29, 1.82) is 0 Å². The number of nitrogens with one attached hydrogen (secondary N) is 1. The monoisotopic (exact) mass is 421 g/mol. The molecule has 1 aromatic heterocycles. The normalized spacial score (nSPS) is 18.2. The average molecular weight is 422 g/mol. The molecule has 1 aliphatic heterocycles. The summed E-state index contributed by atoms with van der Waals surface area (Å²) in [5.41, 5.74) is 1.85. The summed E-state index contributed by atoms with van der Waals surface area (Å²) in [6.07, 6.45) is 0.636. The van der Waals surface area contributed by atoms with E-state index in [1.165, 1.54) is 12.1 Å². The van der Waals surface area contributed by atoms with Crippen LogP contribution in [0.2, 0.25) is 5.02 Å². The quantitative estimate of drug-likeness (QED) is 0.633. The van der Waals surface area contributed by atoms with Gasteiger partial charge < -0.3 is 14.8 Å². The van der Waals surface area contributed by atoms with Gasteiger partial charge in [-0.1, -0.05) is 34.9 Å². The van der Waals surface area contributed by atoms with Crippen LogP contribution in [0.3, 0.4) is 0 Å². The Morgan fingerprint density at radius 1 is 1.21 bits per heavy atom. The van der Waals surface area contributed by atoms with E-state index in [1.54, 1.807) is 16.8 Å². The van der Waals surface area contributed by atoms with Gasteiger partial charge in [-0.3, -0.25) is 0 Å². The first-order valence-corrected chi connectivity index (χ1v) is 9.44. The van der Waals surface area contributed by atoms with Crippen LogP contribution in [-0.4, -0.2) is 33.4 Å². The number of anilines is 1. The Kier molecular flexibility index (Phi) is 5.48. The summed E-state index contributed by atoms with van der Waals surface area (Å²) in [4.78, 5) is 0. The van der Waals surface area contributed by atoms with E-state index >= 15 is 0 Å². The lowest BCUT2D eigenvalue weighted by Crippen LogP contribution is -2.28. The lowest BCUT2D eigenvalue weighted by molar-refractivity contribution is -0.0498. The van der Waals surface area contributed by atoms with E-state index in [0.29, 0.717) is 29.7 Å². The maximum absolute atomic E-state index is 12.4. The number of hydrogen-bond acceptors (Lipinski definition) is 6. The number of ether oxygens (including phenoxy) is 2. The highest BCUT2D eigenvalue weighted by Crippen LogP contribution is 2.39. The molecule has 10 heteroatoms. The minimum atomic E-state index is -2.86. The largest absolute Gasteiger partial charge is 0.492 e. The van der Waals surface area contributed by atoms with Crippen molar-refractivity contribution in [2.24, 2.45) is 0 Å². The number of tetrazole rings is 1. The Morgan fingerprint density at radius 3 is 2.66 bits per heavy atom. The number of benzene rings is 2. The predicted octanol–water partition coefficient (Wildman–Crippen LogP) is 4.47. The summed E-state index contributed by atoms with van der Waals surface area (Å²) in [6, 6.07) is 11.9. The van der Waals surface area contributed by atoms with Crippen LogP contribution >= 0.6 is 11.6 Å². The first-order chi connectivity index (χ1) is 14.0. The molecule has 0 unspecified atom stereocenters. The average Bonchev–Trinajstić information content (AvgIpc) is 3.18. The molecule has 0 saturated heterocycles. The Morgan fingerprint density at radius 2 is 1.97 bits per heavy atom. The van der Waals surface area contributed by atoms with Gasteiger partial charge in [0.15, 0.2) is 0 Å². The lowest BCUT2D eigenvalue weighted by atomic mass is 9.93. The number of fused-ring (bicyclic) bond motifs is 1. The summed E-state index contributed by atoms with van der Waals surface area (Å²) in [5.74, 6) is 1.25. The second-order valence-corrected chi connectivity index (χ2v) is 6.87. The van der Waals surface area contributed by atoms with Gasteiger partial charge in [0.2, 0.25) is 5.95 Å². The molecule has 1 aliphatic rings. The maximum atomic E-state index is 12.4. The zero-order chi connectivity index (χ0) is 20.4. The SMILES string of the molecule is CCOc1ccc([C@@H]2C[C@@H](c3ccc(OC(F)F)cc3)n3nnnc3N2)cc1Cl. The fourth-order valence-electron chi connectivity index (χ4n) is 3.41. The zero-order valence-electron chi connectivity index (χ0n) is 15.4. The molecule has 29 heavy (non-hydrogen) atoms. The van der Waals surface area contributed by atoms with Crippen LogP contribution in [0.15, 0.2) is 42.5 Å². The molecule has 3 aromatic rings. The Balaban J connectivity index is 1.61. The highest BCUT2D eigenvalue weighted by atomic mass is 35.5. The second-order valence-electron chi connectivity index (χ2n) is 6.47. The molecule has 2 aromatic carbocycles. The highest BCUT2D eigenvalue weighted by molar-refractivity contribution is 6.32. The number of alkyl halides is 2. The van der Waals surface area contributed by atoms with Crippen LogP contribution in [0.5, 0.6) is 11.5 Å². The Bertz CT molecular complexity index is 983. The molecule has 0 spiro atoms. The molecular weight excluding hydrogens is 404 g/mol. The first-order valence-electron chi connectivity index (χ1n) is 9.06. The van der Waals surface area contributed by atoms with Crippen molar-refractivity contribution in [1.82, 2.24) is 20.2 Å². The third kappa shape index (κ3) is 4.09. The van der Waals surface area contributed by atoms with Crippen LogP contribution in [0, 0.1) is 0 Å². The lowest BCUT2D eigenvalue weighted by Gasteiger charge is -2.31. The molecular formula is C19H18ClF2N5O2. The van der Waals surface area contributed by atoms with Crippen molar-refractivity contribution in [3.8, 4) is 11.5 Å². The van der Waals surface area contributed by atoms with E-state index in [-0.39, 0.29) is 17.8 Å². The second kappa shape index (κ2) is 8.20. The third-order valence-corrected chi connectivity index (χ3v) is 4.99. The van der Waals surface area contributed by atoms with Gasteiger partial charge in [0.25, 0.3) is 0 Å². The standard InChI is InChI=1S/C19H18ClF2N5O2/c1-2-28-17-8-5-12(9-14(17)20)15-10-16(27-19(23-15)24-25-26-27)11-3-6-13(7-4-11)29-18(21)22/h3-9,15-16,18H,2,10H2,1H3,(H,23,24,26)/t15-,16-/m0/s1. The molecule has 1 N–H and O–H groups in total. The molecule has 0 saturated carbocycles. The molecule has 0 amide bonds. The number of aromatic nitrogens is 4. The van der Waals surface area contributed by atoms with Crippen LogP contribution in [-0.2, 0) is 0 Å². The van der Waals surface area contributed by atoms with Crippen LogP contribution in [0.1, 0.15) is 36.6 Å². The fraction of sp³-hybridized carbons (Fsp3) is 0.316. The molecule has 2 atom stereocenters. The van der Waals surface area contributed by atoms with Crippen molar-refractivity contribution in [2.45, 2.75) is 32.0 Å². The summed E-state index contributed by atoms with van der Waals surface area (Å²) >= 11 is 6.35. The van der Waals surface area contributed by atoms with Crippen LogP contribution in [0.25, 0.3) is 0 Å². The fourth-order valence-corrected chi connectivity index (χ4v) is 3.65. The summed E-state index contributed by atoms with van der Waals surface area (Å²) in [7, 11) is 0. The third-order valence-electron chi connectivity index (χ3n) is 4.70. The summed E-state index contributed by atoms with van der Waals surface area (Å²) < 4.78 is 36.4. The highest BCUT2D eigenvalue weighted by Gasteiger charge is 2.31. The molecule has 152 valence electrons. The molecule has 0 radical (unpaired) electrons. The Hall–Kier alpha value is -2.94. The van der Waals surface area contributed by atoms with Crippen molar-refractivity contribution in [3.05, 3.63) is 58.6 Å². The summed E-state index contributed by atoms with van der Waals surface area (Å²) in [5, 5.41) is 15.7. The van der Waals surface area contributed by atoms with E-state index in [9.17, 15) is 8.78 Å². The van der Waals surface area contributed by atoms with Gasteiger partial charge in [-0.05, 0) is 59.2 Å². The number of halogens is 3. The van der Waals surface area contributed by atoms with Gasteiger partial charge in [0.05, 0.1) is 23.7 Å². The van der Waals surface area contributed by atoms with Crippen LogP contribution < -0.4 is 14.8 Å². The molecule has 0 aliphatic carbocycles. The number of nitrogens with zero attached hydrogens (tertiary/aromatic N) is 4. The number of hydrogen-bond donors (Lipinski definition) is 1. The van der Waals surface area contributed by atoms with E-state index in [1.807, 2.05) is 25.1 Å². The minimum absolute atomic E-state index is 0.0938. The van der Waals surface area contributed by atoms with Crippen molar-refractivity contribution in [2.75, 3.05) is 11.9 Å². The first kappa shape index (κ1) is 19.4. The van der Waals surface area contributed by atoms with Gasteiger partial charge in [-0.25, -0.2) is 4.68 Å². The Labute approximate surface area is 170 Å². The van der Waals surface area contributed by atoms with Gasteiger partial charge in [-0.15, -0.1) is 0 Å². The zero-order valence-corrected chi connectivity index (χ0v) is 16.2. The van der Waals surface area contributed by atoms with Gasteiger partial charge in [0, 0.05) is 0 Å². The van der Waals surface area contributed by atoms with Gasteiger partial charge >= 0.3 is 6.61 Å². The van der Waals surface area contributed by atoms with E-state index in [0.717, 1.165) is 11.1 Å². The van der Waals surface area contributed by atoms with Crippen molar-refractivity contribution < 1.29 is 18.3 Å². The van der Waals surface area contributed by atoms with E-state index in [4.69, 9.17) is 16.3 Å². The smallest absolute Gasteiger partial charge is 0.387 e. The number of rotatable bonds is 6. The van der Waals surface area contributed by atoms with Crippen molar-refractivity contribution in [3.63, 3.8) is 0 Å². The van der Waals surface area contributed by atoms with Crippen molar-refractivity contribution >= 4 is 17.5 Å². The molecule has 0 bridgehead atoms. The van der Waals surface area contributed by atoms with E-state index in [2.05, 4.69) is 25.6 Å². The molecule has 2 heterocycles. The predicted molar refractivity (Wildman–Crippen MR) is 103 cm³/mol. The van der Waals surface area contributed by atoms with Gasteiger partial charge in [0.1, 0.15) is 11.5 Å². The topological polar surface area (TPSA) is 74.1 Å². The molecule has 0 fully saturated rings. The van der Waals surface area contributed by atoms with E-state index < -0.39 is 6.61 Å². The van der Waals surface area contributed by atoms with Crippen LogP contribution in [0.4, 0.5) is 14.7 Å². The maximum Gasteiger partial charge on any atom is 0.387 e. The molecule has 7 nitrogen and oxygen atoms in total. The van der Waals surface area contributed by atoms with Gasteiger partial charge in [-0.2, -0.15) is 8.78 Å². The summed E-state index contributed by atoms with van der Waals surface area (Å²) in [6.45, 7) is -0.433. The minimum Gasteiger partial charge on any atom is -0.492 e.